The summed E-state index contributed by atoms with van der Waals surface area (Å²) in [5.74, 6) is 0.00469. The van der Waals surface area contributed by atoms with Gasteiger partial charge in [0.05, 0.1) is 0 Å². The Labute approximate surface area is 113 Å². The predicted octanol–water partition coefficient (Wildman–Crippen LogP) is 2.38. The molecule has 2 rings (SSSR count). The maximum Gasteiger partial charge on any atom is 0.253 e. The molecule has 3 nitrogen and oxygen atoms in total. The van der Waals surface area contributed by atoms with Crippen LogP contribution in [0.15, 0.2) is 54.6 Å². The molecule has 0 heterocycles. The van der Waals surface area contributed by atoms with Crippen LogP contribution in [-0.2, 0) is 0 Å². The van der Waals surface area contributed by atoms with Crippen LogP contribution in [0.1, 0.15) is 10.4 Å². The molecule has 98 valence electrons. The van der Waals surface area contributed by atoms with E-state index in [0.717, 1.165) is 11.1 Å². The SMILES string of the molecule is CN(CCN)C(=O)c1ccc(-c2ccccc2)cc1. The van der Waals surface area contributed by atoms with Crippen molar-refractivity contribution >= 4 is 5.91 Å². The summed E-state index contributed by atoms with van der Waals surface area (Å²) < 4.78 is 0. The molecule has 0 spiro atoms. The third-order valence-electron chi connectivity index (χ3n) is 3.05. The van der Waals surface area contributed by atoms with Crippen molar-refractivity contribution in [2.75, 3.05) is 20.1 Å². The van der Waals surface area contributed by atoms with E-state index in [1.165, 1.54) is 0 Å². The Morgan fingerprint density at radius 2 is 1.58 bits per heavy atom. The van der Waals surface area contributed by atoms with E-state index in [2.05, 4.69) is 12.1 Å². The zero-order valence-corrected chi connectivity index (χ0v) is 11.0. The van der Waals surface area contributed by atoms with E-state index in [-0.39, 0.29) is 5.91 Å². The van der Waals surface area contributed by atoms with Gasteiger partial charge >= 0.3 is 0 Å². The zero-order valence-electron chi connectivity index (χ0n) is 11.0. The number of hydrogen-bond donors (Lipinski definition) is 1. The highest BCUT2D eigenvalue weighted by Crippen LogP contribution is 2.19. The number of likely N-dealkylation sites (N-methyl/N-ethyl adjacent to an activating group) is 1. The fourth-order valence-electron chi connectivity index (χ4n) is 1.95. The number of nitrogens with two attached hydrogens (primary N) is 1. The molecule has 0 aliphatic heterocycles. The largest absolute Gasteiger partial charge is 0.340 e. The lowest BCUT2D eigenvalue weighted by Gasteiger charge is -2.16. The number of carbonyl (C=O) groups excluding carboxylic acids is 1. The van der Waals surface area contributed by atoms with Gasteiger partial charge in [0.1, 0.15) is 0 Å². The summed E-state index contributed by atoms with van der Waals surface area (Å²) in [6, 6.07) is 17.8. The van der Waals surface area contributed by atoms with Crippen LogP contribution in [0.2, 0.25) is 0 Å². The second-order valence-electron chi connectivity index (χ2n) is 4.46. The fraction of sp³-hybridized carbons (Fsp3) is 0.188. The van der Waals surface area contributed by atoms with Gasteiger partial charge in [0.2, 0.25) is 0 Å². The number of benzene rings is 2. The Bertz CT molecular complexity index is 534. The Morgan fingerprint density at radius 3 is 2.16 bits per heavy atom. The minimum absolute atomic E-state index is 0.00469. The Morgan fingerprint density at radius 1 is 1.00 bits per heavy atom. The minimum atomic E-state index is 0.00469. The van der Waals surface area contributed by atoms with Crippen LogP contribution in [0.4, 0.5) is 0 Å². The summed E-state index contributed by atoms with van der Waals surface area (Å²) in [6.07, 6.45) is 0. The van der Waals surface area contributed by atoms with Gasteiger partial charge in [0.15, 0.2) is 0 Å². The number of rotatable bonds is 4. The van der Waals surface area contributed by atoms with Gasteiger partial charge in [-0.05, 0) is 23.3 Å². The molecule has 2 N–H and O–H groups in total. The lowest BCUT2D eigenvalue weighted by Crippen LogP contribution is -2.31. The van der Waals surface area contributed by atoms with Gasteiger partial charge in [-0.25, -0.2) is 0 Å². The van der Waals surface area contributed by atoms with E-state index in [9.17, 15) is 4.79 Å². The van der Waals surface area contributed by atoms with Gasteiger partial charge in [0, 0.05) is 25.7 Å². The fourth-order valence-corrected chi connectivity index (χ4v) is 1.95. The molecule has 2 aromatic rings. The molecule has 0 bridgehead atoms. The van der Waals surface area contributed by atoms with E-state index in [0.29, 0.717) is 18.7 Å². The summed E-state index contributed by atoms with van der Waals surface area (Å²) in [4.78, 5) is 13.7. The van der Waals surface area contributed by atoms with E-state index < -0.39 is 0 Å². The molecular weight excluding hydrogens is 236 g/mol. The van der Waals surface area contributed by atoms with Crippen molar-refractivity contribution in [3.05, 3.63) is 60.2 Å². The minimum Gasteiger partial charge on any atom is -0.340 e. The van der Waals surface area contributed by atoms with Crippen molar-refractivity contribution in [1.82, 2.24) is 4.90 Å². The molecule has 0 saturated heterocycles. The molecule has 0 atom stereocenters. The first-order valence-electron chi connectivity index (χ1n) is 6.33. The van der Waals surface area contributed by atoms with Crippen molar-refractivity contribution in [3.63, 3.8) is 0 Å². The standard InChI is InChI=1S/C16H18N2O/c1-18(12-11-17)16(19)15-9-7-14(8-10-15)13-5-3-2-4-6-13/h2-10H,11-12,17H2,1H3. The molecule has 0 aliphatic carbocycles. The second kappa shape index (κ2) is 6.16. The van der Waals surface area contributed by atoms with Crippen molar-refractivity contribution in [2.45, 2.75) is 0 Å². The topological polar surface area (TPSA) is 46.3 Å². The van der Waals surface area contributed by atoms with Gasteiger partial charge < -0.3 is 10.6 Å². The number of amides is 1. The first kappa shape index (κ1) is 13.3. The predicted molar refractivity (Wildman–Crippen MR) is 77.9 cm³/mol. The van der Waals surface area contributed by atoms with E-state index in [4.69, 9.17) is 5.73 Å². The first-order valence-corrected chi connectivity index (χ1v) is 6.33. The molecule has 2 aromatic carbocycles. The van der Waals surface area contributed by atoms with Crippen LogP contribution in [0, 0.1) is 0 Å². The first-order chi connectivity index (χ1) is 9.22. The zero-order chi connectivity index (χ0) is 13.7. The molecule has 1 amide bonds. The van der Waals surface area contributed by atoms with Gasteiger partial charge in [-0.1, -0.05) is 42.5 Å². The molecule has 3 heteroatoms. The summed E-state index contributed by atoms with van der Waals surface area (Å²) in [5, 5.41) is 0. The maximum absolute atomic E-state index is 12.1. The number of nitrogens with zero attached hydrogens (tertiary/aromatic N) is 1. The summed E-state index contributed by atoms with van der Waals surface area (Å²) in [6.45, 7) is 1.05. The van der Waals surface area contributed by atoms with Gasteiger partial charge in [-0.2, -0.15) is 0 Å². The Kier molecular flexibility index (Phi) is 4.31. The van der Waals surface area contributed by atoms with Crippen molar-refractivity contribution in [3.8, 4) is 11.1 Å². The van der Waals surface area contributed by atoms with Gasteiger partial charge in [-0.15, -0.1) is 0 Å². The smallest absolute Gasteiger partial charge is 0.253 e. The third-order valence-corrected chi connectivity index (χ3v) is 3.05. The van der Waals surface area contributed by atoms with E-state index in [1.54, 1.807) is 11.9 Å². The maximum atomic E-state index is 12.1. The highest BCUT2D eigenvalue weighted by atomic mass is 16.2. The summed E-state index contributed by atoms with van der Waals surface area (Å²) in [5.41, 5.74) is 8.40. The lowest BCUT2D eigenvalue weighted by atomic mass is 10.0. The van der Waals surface area contributed by atoms with Crippen LogP contribution in [0.5, 0.6) is 0 Å². The average molecular weight is 254 g/mol. The second-order valence-corrected chi connectivity index (χ2v) is 4.46. The molecule has 19 heavy (non-hydrogen) atoms. The average Bonchev–Trinajstić information content (AvgIpc) is 2.48. The molecular formula is C16H18N2O. The van der Waals surface area contributed by atoms with Crippen molar-refractivity contribution in [1.29, 1.82) is 0 Å². The van der Waals surface area contributed by atoms with Crippen molar-refractivity contribution < 1.29 is 4.79 Å². The van der Waals surface area contributed by atoms with E-state index >= 15 is 0 Å². The summed E-state index contributed by atoms with van der Waals surface area (Å²) >= 11 is 0. The van der Waals surface area contributed by atoms with E-state index in [1.807, 2.05) is 42.5 Å². The van der Waals surface area contributed by atoms with Crippen LogP contribution >= 0.6 is 0 Å². The van der Waals surface area contributed by atoms with Crippen molar-refractivity contribution in [2.24, 2.45) is 5.73 Å². The number of carbonyl (C=O) groups is 1. The third kappa shape index (κ3) is 3.20. The molecule has 0 aromatic heterocycles. The Hall–Kier alpha value is -2.13. The Balaban J connectivity index is 2.17. The lowest BCUT2D eigenvalue weighted by molar-refractivity contribution is 0.0799. The normalized spacial score (nSPS) is 10.2. The van der Waals surface area contributed by atoms with Crippen LogP contribution in [0.3, 0.4) is 0 Å². The molecule has 0 aliphatic rings. The molecule has 0 saturated carbocycles. The van der Waals surface area contributed by atoms with Crippen LogP contribution in [-0.4, -0.2) is 30.9 Å². The van der Waals surface area contributed by atoms with Gasteiger partial charge in [0.25, 0.3) is 5.91 Å². The highest BCUT2D eigenvalue weighted by molar-refractivity contribution is 5.94. The van der Waals surface area contributed by atoms with Crippen LogP contribution < -0.4 is 5.73 Å². The van der Waals surface area contributed by atoms with Crippen LogP contribution in [0.25, 0.3) is 11.1 Å². The highest BCUT2D eigenvalue weighted by Gasteiger charge is 2.10. The quantitative estimate of drug-likeness (QED) is 0.910. The monoisotopic (exact) mass is 254 g/mol. The summed E-state index contributed by atoms with van der Waals surface area (Å²) in [7, 11) is 1.76. The van der Waals surface area contributed by atoms with Gasteiger partial charge in [-0.3, -0.25) is 4.79 Å². The number of hydrogen-bond acceptors (Lipinski definition) is 2. The molecule has 0 unspecified atom stereocenters. The molecule has 0 fully saturated rings. The molecule has 0 radical (unpaired) electrons.